The van der Waals surface area contributed by atoms with E-state index in [-0.39, 0.29) is 29.9 Å². The predicted molar refractivity (Wildman–Crippen MR) is 103 cm³/mol. The molecule has 0 aliphatic heterocycles. The number of rotatable bonds is 0. The van der Waals surface area contributed by atoms with E-state index in [9.17, 15) is 0 Å². The third-order valence-electron chi connectivity index (χ3n) is 5.66. The summed E-state index contributed by atoms with van der Waals surface area (Å²) in [6.07, 6.45) is 1.98. The molecule has 2 aromatic heterocycles. The molecule has 0 amide bonds. The molecule has 5 aromatic rings. The molecule has 0 bridgehead atoms. The number of benzene rings is 3. The summed E-state index contributed by atoms with van der Waals surface area (Å²) in [6, 6.07) is 13.6. The van der Waals surface area contributed by atoms with Crippen LogP contribution in [-0.4, -0.2) is 45.8 Å². The fourth-order valence-electron chi connectivity index (χ4n) is 4.54. The summed E-state index contributed by atoms with van der Waals surface area (Å²) in [7, 11) is 0. The third-order valence-corrected chi connectivity index (χ3v) is 7.93. The molecule has 0 spiro atoms. The van der Waals surface area contributed by atoms with E-state index in [0.29, 0.717) is 0 Å². The normalized spacial score (nSPS) is 13.8. The molecule has 0 N–H and O–H groups in total. The molecule has 0 radical (unpaired) electrons. The maximum atomic E-state index is 4.72. The monoisotopic (exact) mass is 466 g/mol. The Bertz CT molecular complexity index is 1290. The summed E-state index contributed by atoms with van der Waals surface area (Å²) in [5.74, 6) is 0. The first-order valence-corrected chi connectivity index (χ1v) is 11.6. The van der Waals surface area contributed by atoms with Crippen molar-refractivity contribution in [3.05, 3.63) is 58.7 Å². The van der Waals surface area contributed by atoms with Crippen molar-refractivity contribution in [1.82, 2.24) is 15.9 Å². The van der Waals surface area contributed by atoms with E-state index in [2.05, 4.69) is 44.4 Å². The van der Waals surface area contributed by atoms with Crippen LogP contribution >= 0.6 is 0 Å². The number of nitrogens with zero attached hydrogens (tertiary/aromatic N) is 4. The van der Waals surface area contributed by atoms with Gasteiger partial charge in [0, 0.05) is 0 Å². The van der Waals surface area contributed by atoms with Crippen molar-refractivity contribution in [1.29, 1.82) is 0 Å². The molecule has 0 unspecified atom stereocenters. The third kappa shape index (κ3) is 1.66. The second-order valence-electron chi connectivity index (χ2n) is 6.98. The van der Waals surface area contributed by atoms with Gasteiger partial charge in [0.1, 0.15) is 0 Å². The van der Waals surface area contributed by atoms with E-state index < -0.39 is 0 Å². The van der Waals surface area contributed by atoms with Gasteiger partial charge in [-0.3, -0.25) is 0 Å². The maximum absolute atomic E-state index is 4.72. The van der Waals surface area contributed by atoms with Crippen molar-refractivity contribution in [3.63, 3.8) is 0 Å². The van der Waals surface area contributed by atoms with Crippen molar-refractivity contribution in [2.75, 3.05) is 0 Å². The van der Waals surface area contributed by atoms with Gasteiger partial charge in [-0.25, -0.2) is 0 Å². The molecule has 0 saturated heterocycles. The van der Waals surface area contributed by atoms with Crippen LogP contribution in [0.25, 0.3) is 44.3 Å². The summed E-state index contributed by atoms with van der Waals surface area (Å²) in [4.78, 5) is 0. The van der Waals surface area contributed by atoms with Crippen molar-refractivity contribution in [2.24, 2.45) is 0 Å². The molecule has 0 saturated carbocycles. The van der Waals surface area contributed by atoms with E-state index in [1.807, 2.05) is 0 Å². The fraction of sp³-hybridized carbons (Fsp3) is 0.100. The van der Waals surface area contributed by atoms with Gasteiger partial charge in [0.25, 0.3) is 0 Å². The van der Waals surface area contributed by atoms with Crippen LogP contribution in [-0.2, 0) is 12.8 Å². The van der Waals surface area contributed by atoms with Crippen molar-refractivity contribution >= 4 is 52.0 Å². The average Bonchev–Trinajstić information content (AvgIpc) is 3.40. The van der Waals surface area contributed by atoms with E-state index >= 15 is 0 Å². The van der Waals surface area contributed by atoms with Crippen LogP contribution in [0.1, 0.15) is 22.3 Å². The van der Waals surface area contributed by atoms with Gasteiger partial charge in [0.05, 0.1) is 0 Å². The Morgan fingerprint density at radius 1 is 0.577 bits per heavy atom. The second-order valence-corrected chi connectivity index (χ2v) is 9.20. The van der Waals surface area contributed by atoms with Crippen LogP contribution in [0.5, 0.6) is 0 Å². The standard InChI is InChI=1S/C20H10N4Se2/c1-3-15-19(23-25-21-15)17-9(1)5-11-7-14-12(8-13(11)17)6-10-2-4-16-20(18(10)14)24-26-22-16/h1-4,7-8H,5-6H2. The first kappa shape index (κ1) is 14.0. The van der Waals surface area contributed by atoms with Gasteiger partial charge in [-0.1, -0.05) is 0 Å². The Kier molecular flexibility index (Phi) is 2.58. The minimum atomic E-state index is 0.0144. The van der Waals surface area contributed by atoms with Gasteiger partial charge < -0.3 is 0 Å². The zero-order chi connectivity index (χ0) is 16.8. The first-order valence-electron chi connectivity index (χ1n) is 8.52. The summed E-state index contributed by atoms with van der Waals surface area (Å²) >= 11 is 0.0287. The number of fused-ring (bicyclic) bond motifs is 10. The molecule has 122 valence electrons. The fourth-order valence-corrected chi connectivity index (χ4v) is 6.82. The summed E-state index contributed by atoms with van der Waals surface area (Å²) < 4.78 is 18.6. The summed E-state index contributed by atoms with van der Waals surface area (Å²) in [5.41, 5.74) is 15.4. The topological polar surface area (TPSA) is 51.6 Å². The number of hydrogen-bond donors (Lipinski definition) is 0. The molecule has 4 nitrogen and oxygen atoms in total. The SMILES string of the molecule is c1cc2n[se]nc2c2c1Cc1cc3c(cc1-2)Cc1ccc2n[se]nc2c1-3. The summed E-state index contributed by atoms with van der Waals surface area (Å²) in [6.45, 7) is 0. The van der Waals surface area contributed by atoms with Gasteiger partial charge in [-0.15, -0.1) is 0 Å². The molecular weight excluding hydrogens is 454 g/mol. The quantitative estimate of drug-likeness (QED) is 0.324. The van der Waals surface area contributed by atoms with Gasteiger partial charge in [-0.2, -0.15) is 0 Å². The van der Waals surface area contributed by atoms with Crippen LogP contribution in [0.2, 0.25) is 0 Å². The van der Waals surface area contributed by atoms with Crippen LogP contribution < -0.4 is 0 Å². The number of aromatic nitrogens is 4. The molecule has 7 rings (SSSR count). The Morgan fingerprint density at radius 2 is 1.08 bits per heavy atom. The molecule has 26 heavy (non-hydrogen) atoms. The molecular formula is C20H10N4Se2. The van der Waals surface area contributed by atoms with Gasteiger partial charge in [0.2, 0.25) is 0 Å². The van der Waals surface area contributed by atoms with Crippen LogP contribution in [0.15, 0.2) is 36.4 Å². The van der Waals surface area contributed by atoms with Gasteiger partial charge >= 0.3 is 162 Å². The Labute approximate surface area is 161 Å². The molecule has 2 heterocycles. The summed E-state index contributed by atoms with van der Waals surface area (Å²) in [5, 5.41) is 0. The first-order chi connectivity index (χ1) is 12.9. The van der Waals surface area contributed by atoms with Crippen molar-refractivity contribution in [2.45, 2.75) is 12.8 Å². The van der Waals surface area contributed by atoms with E-state index in [4.69, 9.17) is 7.96 Å². The van der Waals surface area contributed by atoms with Crippen LogP contribution in [0.4, 0.5) is 0 Å². The molecule has 3 aromatic carbocycles. The van der Waals surface area contributed by atoms with E-state index in [0.717, 1.165) is 34.9 Å². The molecule has 0 atom stereocenters. The zero-order valence-electron chi connectivity index (χ0n) is 13.5. The second kappa shape index (κ2) is 4.79. The molecule has 2 aliphatic carbocycles. The number of hydrogen-bond acceptors (Lipinski definition) is 4. The van der Waals surface area contributed by atoms with Crippen LogP contribution in [0, 0.1) is 0 Å². The Hall–Kier alpha value is -2.10. The van der Waals surface area contributed by atoms with Gasteiger partial charge in [-0.05, 0) is 0 Å². The molecule has 6 heteroatoms. The predicted octanol–water partition coefficient (Wildman–Crippen LogP) is 2.83. The van der Waals surface area contributed by atoms with Gasteiger partial charge in [0.15, 0.2) is 0 Å². The van der Waals surface area contributed by atoms with Crippen molar-refractivity contribution < 1.29 is 0 Å². The Balaban J connectivity index is 1.53. The van der Waals surface area contributed by atoms with E-state index in [1.54, 1.807) is 0 Å². The molecule has 0 fully saturated rings. The average molecular weight is 464 g/mol. The Morgan fingerprint density at radius 3 is 1.58 bits per heavy atom. The van der Waals surface area contributed by atoms with Crippen LogP contribution in [0.3, 0.4) is 0 Å². The minimum absolute atomic E-state index is 0.0144. The zero-order valence-corrected chi connectivity index (χ0v) is 16.9. The van der Waals surface area contributed by atoms with E-state index in [1.165, 1.54) is 44.5 Å². The van der Waals surface area contributed by atoms with Crippen molar-refractivity contribution in [3.8, 4) is 22.3 Å². The molecule has 2 aliphatic rings.